The third kappa shape index (κ3) is 2.45. The molecule has 2 aromatic rings. The molecule has 98 valence electrons. The van der Waals surface area contributed by atoms with Crippen molar-refractivity contribution in [2.75, 3.05) is 6.54 Å². The third-order valence-electron chi connectivity index (χ3n) is 3.92. The fourth-order valence-electron chi connectivity index (χ4n) is 2.72. The van der Waals surface area contributed by atoms with Crippen LogP contribution in [0.3, 0.4) is 0 Å². The van der Waals surface area contributed by atoms with E-state index in [1.54, 1.807) is 11.3 Å². The first-order valence-corrected chi connectivity index (χ1v) is 7.80. The zero-order valence-corrected chi connectivity index (χ0v) is 11.9. The molecule has 18 heavy (non-hydrogen) atoms. The van der Waals surface area contributed by atoms with Crippen LogP contribution in [0, 0.1) is 11.8 Å². The zero-order valence-electron chi connectivity index (χ0n) is 11.1. The van der Waals surface area contributed by atoms with E-state index in [-0.39, 0.29) is 0 Å². The fraction of sp³-hybridized carbons (Fsp3) is 0.643. The lowest BCUT2D eigenvalue weighted by Crippen LogP contribution is -2.34. The van der Waals surface area contributed by atoms with Gasteiger partial charge < -0.3 is 5.32 Å². The van der Waals surface area contributed by atoms with Crippen molar-refractivity contribution in [2.45, 2.75) is 39.2 Å². The molecule has 3 atom stereocenters. The number of aromatic nitrogens is 2. The second-order valence-electron chi connectivity index (χ2n) is 5.47. The van der Waals surface area contributed by atoms with Crippen molar-refractivity contribution in [3.8, 4) is 0 Å². The molecule has 0 saturated heterocycles. The first-order valence-electron chi connectivity index (χ1n) is 6.92. The van der Waals surface area contributed by atoms with Crippen LogP contribution in [-0.4, -0.2) is 22.0 Å². The summed E-state index contributed by atoms with van der Waals surface area (Å²) >= 11 is 1.71. The van der Waals surface area contributed by atoms with Gasteiger partial charge in [-0.1, -0.05) is 13.8 Å². The van der Waals surface area contributed by atoms with E-state index in [9.17, 15) is 0 Å². The van der Waals surface area contributed by atoms with Crippen molar-refractivity contribution in [1.82, 2.24) is 14.7 Å². The molecule has 3 rings (SSSR count). The van der Waals surface area contributed by atoms with Gasteiger partial charge in [0.2, 0.25) is 0 Å². The monoisotopic (exact) mass is 263 g/mol. The first-order chi connectivity index (χ1) is 8.78. The molecule has 2 aromatic heterocycles. The van der Waals surface area contributed by atoms with E-state index in [0.29, 0.717) is 6.04 Å². The maximum atomic E-state index is 4.70. The predicted molar refractivity (Wildman–Crippen MR) is 76.1 cm³/mol. The molecule has 0 aliphatic heterocycles. The zero-order chi connectivity index (χ0) is 12.5. The summed E-state index contributed by atoms with van der Waals surface area (Å²) in [6, 6.07) is 0.615. The van der Waals surface area contributed by atoms with Crippen LogP contribution in [0.1, 0.15) is 32.4 Å². The Morgan fingerprint density at radius 2 is 2.44 bits per heavy atom. The average molecular weight is 263 g/mol. The van der Waals surface area contributed by atoms with Crippen LogP contribution in [-0.2, 0) is 6.42 Å². The number of fused-ring (bicyclic) bond motifs is 1. The number of hydrogen-bond acceptors (Lipinski definition) is 3. The van der Waals surface area contributed by atoms with E-state index in [0.717, 1.165) is 29.8 Å². The molecule has 1 aliphatic rings. The number of hydrogen-bond donors (Lipinski definition) is 1. The topological polar surface area (TPSA) is 29.3 Å². The molecule has 4 heteroatoms. The molecular formula is C14H21N3S. The van der Waals surface area contributed by atoms with Crippen LogP contribution in [0.5, 0.6) is 0 Å². The first kappa shape index (κ1) is 12.2. The number of nitrogens with zero attached hydrogens (tertiary/aromatic N) is 2. The molecule has 0 amide bonds. The summed E-state index contributed by atoms with van der Waals surface area (Å²) in [5.41, 5.74) is 1.23. The van der Waals surface area contributed by atoms with E-state index < -0.39 is 0 Å². The minimum absolute atomic E-state index is 0.615. The molecule has 3 nitrogen and oxygen atoms in total. The highest BCUT2D eigenvalue weighted by atomic mass is 32.1. The van der Waals surface area contributed by atoms with Gasteiger partial charge in [-0.2, -0.15) is 0 Å². The van der Waals surface area contributed by atoms with Gasteiger partial charge in [0.15, 0.2) is 4.96 Å². The Morgan fingerprint density at radius 1 is 1.61 bits per heavy atom. The van der Waals surface area contributed by atoms with E-state index in [1.807, 2.05) is 0 Å². The van der Waals surface area contributed by atoms with E-state index in [1.165, 1.54) is 18.5 Å². The molecule has 2 heterocycles. The molecule has 0 radical (unpaired) electrons. The van der Waals surface area contributed by atoms with Crippen molar-refractivity contribution in [3.63, 3.8) is 0 Å². The summed E-state index contributed by atoms with van der Waals surface area (Å²) in [5, 5.41) is 5.79. The second kappa shape index (κ2) is 5.02. The van der Waals surface area contributed by atoms with Gasteiger partial charge in [0.05, 0.1) is 5.69 Å². The Morgan fingerprint density at radius 3 is 3.11 bits per heavy atom. The highest BCUT2D eigenvalue weighted by Crippen LogP contribution is 2.41. The molecule has 0 spiro atoms. The lowest BCUT2D eigenvalue weighted by Gasteiger charge is -2.17. The van der Waals surface area contributed by atoms with Crippen LogP contribution >= 0.6 is 11.3 Å². The van der Waals surface area contributed by atoms with Gasteiger partial charge in [0.1, 0.15) is 0 Å². The molecule has 0 aromatic carbocycles. The molecule has 1 fully saturated rings. The van der Waals surface area contributed by atoms with Crippen LogP contribution < -0.4 is 5.32 Å². The number of thiazole rings is 1. The molecule has 1 N–H and O–H groups in total. The van der Waals surface area contributed by atoms with Crippen molar-refractivity contribution < 1.29 is 0 Å². The summed E-state index contributed by atoms with van der Waals surface area (Å²) in [4.78, 5) is 5.81. The normalized spacial score (nSPS) is 24.6. The molecule has 3 unspecified atom stereocenters. The summed E-state index contributed by atoms with van der Waals surface area (Å²) in [5.74, 6) is 1.75. The fourth-order valence-corrected chi connectivity index (χ4v) is 3.43. The Bertz CT molecular complexity index is 487. The minimum Gasteiger partial charge on any atom is -0.313 e. The summed E-state index contributed by atoms with van der Waals surface area (Å²) in [7, 11) is 0. The Labute approximate surface area is 112 Å². The third-order valence-corrected chi connectivity index (χ3v) is 4.69. The van der Waals surface area contributed by atoms with Gasteiger partial charge in [0.25, 0.3) is 0 Å². The largest absolute Gasteiger partial charge is 0.313 e. The van der Waals surface area contributed by atoms with E-state index >= 15 is 0 Å². The average Bonchev–Trinajstić information content (AvgIpc) is 2.74. The standard InChI is InChI=1S/C14H21N3S/c1-3-4-15-13(12-7-10(12)2)8-11-9-17-5-6-18-14(17)16-11/h5-6,9-10,12-13,15H,3-4,7-8H2,1-2H3. The lowest BCUT2D eigenvalue weighted by molar-refractivity contribution is 0.441. The van der Waals surface area contributed by atoms with Crippen molar-refractivity contribution >= 4 is 16.3 Å². The van der Waals surface area contributed by atoms with Crippen LogP contribution in [0.25, 0.3) is 4.96 Å². The smallest absolute Gasteiger partial charge is 0.193 e. The van der Waals surface area contributed by atoms with Gasteiger partial charge in [-0.05, 0) is 31.2 Å². The van der Waals surface area contributed by atoms with E-state index in [4.69, 9.17) is 4.98 Å². The summed E-state index contributed by atoms with van der Waals surface area (Å²) < 4.78 is 2.13. The predicted octanol–water partition coefficient (Wildman–Crippen LogP) is 2.96. The maximum Gasteiger partial charge on any atom is 0.193 e. The Balaban J connectivity index is 1.69. The summed E-state index contributed by atoms with van der Waals surface area (Å²) in [6.45, 7) is 5.71. The lowest BCUT2D eigenvalue weighted by atomic mass is 10.1. The number of nitrogens with one attached hydrogen (secondary N) is 1. The van der Waals surface area contributed by atoms with E-state index in [2.05, 4.69) is 41.3 Å². The molecule has 1 aliphatic carbocycles. The highest BCUT2D eigenvalue weighted by Gasteiger charge is 2.39. The van der Waals surface area contributed by atoms with Gasteiger partial charge in [0, 0.05) is 30.2 Å². The highest BCUT2D eigenvalue weighted by molar-refractivity contribution is 7.15. The van der Waals surface area contributed by atoms with Crippen molar-refractivity contribution in [1.29, 1.82) is 0 Å². The van der Waals surface area contributed by atoms with Gasteiger partial charge in [-0.3, -0.25) is 4.40 Å². The van der Waals surface area contributed by atoms with Gasteiger partial charge >= 0.3 is 0 Å². The van der Waals surface area contributed by atoms with Crippen LogP contribution in [0.15, 0.2) is 17.8 Å². The molecule has 1 saturated carbocycles. The number of imidazole rings is 1. The molecule has 0 bridgehead atoms. The minimum atomic E-state index is 0.615. The number of rotatable bonds is 6. The van der Waals surface area contributed by atoms with Gasteiger partial charge in [-0.25, -0.2) is 4.98 Å². The van der Waals surface area contributed by atoms with Crippen LogP contribution in [0.2, 0.25) is 0 Å². The quantitative estimate of drug-likeness (QED) is 0.868. The Kier molecular flexibility index (Phi) is 3.39. The SMILES string of the molecule is CCCNC(Cc1cn2ccsc2n1)C1CC1C. The van der Waals surface area contributed by atoms with Crippen LogP contribution in [0.4, 0.5) is 0 Å². The Hall–Kier alpha value is -0.870. The molecular weight excluding hydrogens is 242 g/mol. The van der Waals surface area contributed by atoms with Gasteiger partial charge in [-0.15, -0.1) is 11.3 Å². The van der Waals surface area contributed by atoms with Crippen molar-refractivity contribution in [2.24, 2.45) is 11.8 Å². The maximum absolute atomic E-state index is 4.70. The van der Waals surface area contributed by atoms with Crippen molar-refractivity contribution in [3.05, 3.63) is 23.5 Å². The second-order valence-corrected chi connectivity index (χ2v) is 6.34. The summed E-state index contributed by atoms with van der Waals surface area (Å²) in [6.07, 6.45) is 7.92.